The Kier molecular flexibility index (Phi) is 8.54. The maximum Gasteiger partial charge on any atom is 0.410 e. The lowest BCUT2D eigenvalue weighted by atomic mass is 9.70. The van der Waals surface area contributed by atoms with Crippen molar-refractivity contribution in [1.82, 2.24) is 9.80 Å². The molecule has 2 aromatic rings. The summed E-state index contributed by atoms with van der Waals surface area (Å²) < 4.78 is 27.0. The number of carbonyl (C=O) groups excluding carboxylic acids is 1. The van der Waals surface area contributed by atoms with Crippen LogP contribution in [0.3, 0.4) is 0 Å². The SMILES string of the molecule is C=CCOc1c(OC)c(C)cc2c1[C@H]1[C@@H]3C(O)c4c(O)c(C)c5c(c4[C@H](CO)N3[C@@H](C#N)C(C2)N1C(=O)OCC(Cl)(Cl)Cl)OCO5. The van der Waals surface area contributed by atoms with Crippen LogP contribution >= 0.6 is 34.8 Å². The summed E-state index contributed by atoms with van der Waals surface area (Å²) in [5, 5.41) is 45.5. The van der Waals surface area contributed by atoms with Gasteiger partial charge < -0.3 is 39.0 Å². The first-order chi connectivity index (χ1) is 21.9. The molecule has 1 amide bonds. The Balaban J connectivity index is 1.65. The van der Waals surface area contributed by atoms with Crippen molar-refractivity contribution in [2.45, 2.75) is 60.4 Å². The van der Waals surface area contributed by atoms with E-state index in [1.807, 2.05) is 13.0 Å². The predicted molar refractivity (Wildman–Crippen MR) is 166 cm³/mol. The van der Waals surface area contributed by atoms with E-state index in [2.05, 4.69) is 12.6 Å². The average molecular weight is 697 g/mol. The fourth-order valence-corrected chi connectivity index (χ4v) is 7.67. The monoisotopic (exact) mass is 695 g/mol. The van der Waals surface area contributed by atoms with Crippen LogP contribution in [0.2, 0.25) is 0 Å². The molecule has 6 atom stereocenters. The van der Waals surface area contributed by atoms with Crippen molar-refractivity contribution >= 4 is 40.9 Å². The van der Waals surface area contributed by atoms with Gasteiger partial charge in [-0.05, 0) is 31.4 Å². The number of benzene rings is 2. The Bertz CT molecular complexity index is 1640. The third-order valence-corrected chi connectivity index (χ3v) is 9.44. The minimum absolute atomic E-state index is 0.0867. The largest absolute Gasteiger partial charge is 0.507 e. The van der Waals surface area contributed by atoms with Crippen LogP contribution in [-0.4, -0.2) is 86.9 Å². The molecule has 12 nitrogen and oxygen atoms in total. The molecule has 1 fully saturated rings. The Labute approximate surface area is 280 Å². The Hall–Kier alpha value is -3.31. The first-order valence-electron chi connectivity index (χ1n) is 14.5. The van der Waals surface area contributed by atoms with E-state index in [4.69, 9.17) is 58.5 Å². The van der Waals surface area contributed by atoms with Crippen molar-refractivity contribution in [1.29, 1.82) is 5.26 Å². The molecule has 0 aromatic heterocycles. The fraction of sp³-hybridized carbons (Fsp3) is 0.484. The number of nitriles is 1. The molecule has 2 aromatic carbocycles. The minimum Gasteiger partial charge on any atom is -0.507 e. The second kappa shape index (κ2) is 12.0. The Morgan fingerprint density at radius 2 is 1.93 bits per heavy atom. The van der Waals surface area contributed by atoms with E-state index in [9.17, 15) is 25.4 Å². The topological polar surface area (TPSA) is 154 Å². The molecular formula is C31H32Cl3N3O9. The molecule has 0 spiro atoms. The molecule has 2 unspecified atom stereocenters. The van der Waals surface area contributed by atoms with Crippen LogP contribution in [0.25, 0.3) is 0 Å². The zero-order valence-electron chi connectivity index (χ0n) is 25.1. The zero-order chi connectivity index (χ0) is 33.2. The number of amides is 1. The van der Waals surface area contributed by atoms with Crippen molar-refractivity contribution < 1.29 is 43.8 Å². The van der Waals surface area contributed by atoms with Gasteiger partial charge in [-0.15, -0.1) is 0 Å². The molecule has 46 heavy (non-hydrogen) atoms. The second-order valence-corrected chi connectivity index (χ2v) is 14.1. The van der Waals surface area contributed by atoms with Crippen molar-refractivity contribution in [3.63, 3.8) is 0 Å². The Morgan fingerprint density at radius 1 is 1.22 bits per heavy atom. The summed E-state index contributed by atoms with van der Waals surface area (Å²) in [6, 6.07) is -0.882. The van der Waals surface area contributed by atoms with Gasteiger partial charge in [-0.3, -0.25) is 9.80 Å². The normalized spacial score (nSPS) is 25.9. The van der Waals surface area contributed by atoms with E-state index in [0.29, 0.717) is 28.2 Å². The number of phenols is 1. The van der Waals surface area contributed by atoms with Gasteiger partial charge in [0, 0.05) is 22.3 Å². The van der Waals surface area contributed by atoms with Crippen molar-refractivity contribution in [3.05, 3.63) is 52.1 Å². The molecule has 3 N–H and O–H groups in total. The molecule has 0 saturated carbocycles. The summed E-state index contributed by atoms with van der Waals surface area (Å²) in [7, 11) is 1.49. The van der Waals surface area contributed by atoms with Crippen LogP contribution in [0.1, 0.15) is 51.6 Å². The van der Waals surface area contributed by atoms with Crippen molar-refractivity contribution in [2.24, 2.45) is 0 Å². The quantitative estimate of drug-likeness (QED) is 0.290. The zero-order valence-corrected chi connectivity index (χ0v) is 27.4. The van der Waals surface area contributed by atoms with Gasteiger partial charge in [0.05, 0.1) is 44.0 Å². The highest BCUT2D eigenvalue weighted by atomic mass is 35.6. The summed E-state index contributed by atoms with van der Waals surface area (Å²) in [6.07, 6.45) is -0.695. The van der Waals surface area contributed by atoms with E-state index in [-0.39, 0.29) is 42.6 Å². The summed E-state index contributed by atoms with van der Waals surface area (Å²) in [5.74, 6) is 0.995. The van der Waals surface area contributed by atoms with Crippen LogP contribution in [0, 0.1) is 25.2 Å². The number of ether oxygens (including phenoxy) is 5. The Morgan fingerprint density at radius 3 is 2.57 bits per heavy atom. The van der Waals surface area contributed by atoms with Crippen molar-refractivity contribution in [2.75, 3.05) is 33.7 Å². The van der Waals surface area contributed by atoms with Crippen LogP contribution in [0.4, 0.5) is 4.79 Å². The average Bonchev–Trinajstić information content (AvgIpc) is 3.50. The molecule has 4 heterocycles. The molecule has 6 rings (SSSR count). The standard InChI is InChI=1S/C31H32Cl3N3O9/c1-5-6-43-28-19-15(7-13(2)26(28)42-4)8-16-17(9-35)36-18(10-38)20-21(24(39)14(3)27-29(20)46-12-45-27)25(40)23(36)22(19)37(16)30(41)44-11-31(32,33)34/h5,7,16-18,22-23,25,38-40H,1,6,8,10-12H2,2-4H3/t16?,17-,18-,22-,23+,25?/m0/s1. The van der Waals surface area contributed by atoms with Gasteiger partial charge in [-0.2, -0.15) is 5.26 Å². The van der Waals surface area contributed by atoms with E-state index in [1.165, 1.54) is 12.0 Å². The predicted octanol–water partition coefficient (Wildman–Crippen LogP) is 4.44. The van der Waals surface area contributed by atoms with Gasteiger partial charge in [0.2, 0.25) is 10.6 Å². The van der Waals surface area contributed by atoms with Gasteiger partial charge in [-0.25, -0.2) is 4.79 Å². The van der Waals surface area contributed by atoms with E-state index in [0.717, 1.165) is 11.1 Å². The number of fused-ring (bicyclic) bond motifs is 9. The molecule has 15 heteroatoms. The van der Waals surface area contributed by atoms with Gasteiger partial charge in [0.15, 0.2) is 23.0 Å². The summed E-state index contributed by atoms with van der Waals surface area (Å²) in [5.41, 5.74) is 2.72. The van der Waals surface area contributed by atoms with Gasteiger partial charge in [0.25, 0.3) is 0 Å². The first-order valence-corrected chi connectivity index (χ1v) is 15.6. The smallest absolute Gasteiger partial charge is 0.410 e. The lowest BCUT2D eigenvalue weighted by Crippen LogP contribution is -2.71. The van der Waals surface area contributed by atoms with E-state index < -0.39 is 59.4 Å². The van der Waals surface area contributed by atoms with Crippen molar-refractivity contribution in [3.8, 4) is 34.8 Å². The number of piperazine rings is 1. The van der Waals surface area contributed by atoms with Gasteiger partial charge >= 0.3 is 6.09 Å². The highest BCUT2D eigenvalue weighted by Crippen LogP contribution is 2.61. The summed E-state index contributed by atoms with van der Waals surface area (Å²) >= 11 is 17.8. The van der Waals surface area contributed by atoms with Crippen LogP contribution in [-0.2, 0) is 11.2 Å². The number of phenolic OH excluding ortho intramolecular Hbond substituents is 1. The molecule has 4 aliphatic rings. The maximum absolute atomic E-state index is 14.0. The lowest BCUT2D eigenvalue weighted by Gasteiger charge is -2.60. The first kappa shape index (κ1) is 32.6. The molecule has 0 radical (unpaired) electrons. The number of hydrogen-bond acceptors (Lipinski definition) is 11. The van der Waals surface area contributed by atoms with Gasteiger partial charge in [-0.1, -0.05) is 53.5 Å². The fourth-order valence-electron chi connectivity index (χ4n) is 7.51. The number of aliphatic hydroxyl groups excluding tert-OH is 2. The molecule has 0 aliphatic carbocycles. The van der Waals surface area contributed by atoms with Crippen LogP contribution in [0.15, 0.2) is 18.7 Å². The van der Waals surface area contributed by atoms with Crippen LogP contribution < -0.4 is 18.9 Å². The maximum atomic E-state index is 14.0. The highest BCUT2D eigenvalue weighted by molar-refractivity contribution is 6.67. The molecule has 246 valence electrons. The minimum atomic E-state index is -1.92. The number of nitrogens with zero attached hydrogens (tertiary/aromatic N) is 3. The number of methoxy groups -OCH3 is 1. The highest BCUT2D eigenvalue weighted by Gasteiger charge is 2.62. The van der Waals surface area contributed by atoms with E-state index in [1.54, 1.807) is 17.9 Å². The third kappa shape index (κ3) is 4.87. The number of alkyl halides is 3. The number of aromatic hydroxyl groups is 1. The molecule has 1 saturated heterocycles. The molecule has 2 bridgehead atoms. The van der Waals surface area contributed by atoms with Gasteiger partial charge in [0.1, 0.15) is 31.1 Å². The number of aliphatic hydroxyl groups is 2. The molecular weight excluding hydrogens is 665 g/mol. The van der Waals surface area contributed by atoms with E-state index >= 15 is 0 Å². The van der Waals surface area contributed by atoms with Crippen LogP contribution in [0.5, 0.6) is 28.7 Å². The third-order valence-electron chi connectivity index (χ3n) is 9.12. The number of halogens is 3. The molecule has 4 aliphatic heterocycles. The second-order valence-electron chi connectivity index (χ2n) is 11.5. The summed E-state index contributed by atoms with van der Waals surface area (Å²) in [6.45, 7) is 6.08. The number of rotatable bonds is 6. The number of aryl methyl sites for hydroxylation is 1. The lowest BCUT2D eigenvalue weighted by molar-refractivity contribution is -0.126. The summed E-state index contributed by atoms with van der Waals surface area (Å²) in [4.78, 5) is 17.1. The number of hydrogen-bond donors (Lipinski definition) is 3. The number of carbonyl (C=O) groups is 1.